The SMILES string of the molecule is Nc1nc(NCC2CCC(CNS(=O)(=O)c3cccc4ccccc34)CC2)nc2ccc(Br)cc12. The fourth-order valence-corrected chi connectivity index (χ4v) is 6.52. The fraction of sp³-hybridized carbons (Fsp3) is 0.308. The fourth-order valence-electron chi connectivity index (χ4n) is 4.81. The summed E-state index contributed by atoms with van der Waals surface area (Å²) in [5, 5.41) is 5.85. The first-order chi connectivity index (χ1) is 16.9. The number of nitrogens with one attached hydrogen (secondary N) is 2. The van der Waals surface area contributed by atoms with Gasteiger partial charge in [0.05, 0.1) is 10.4 Å². The summed E-state index contributed by atoms with van der Waals surface area (Å²) >= 11 is 3.45. The lowest BCUT2D eigenvalue weighted by Crippen LogP contribution is -2.32. The van der Waals surface area contributed by atoms with Gasteiger partial charge in [-0.25, -0.2) is 18.1 Å². The number of rotatable bonds is 7. The van der Waals surface area contributed by atoms with E-state index in [9.17, 15) is 8.42 Å². The molecule has 0 saturated heterocycles. The molecule has 1 saturated carbocycles. The summed E-state index contributed by atoms with van der Waals surface area (Å²) in [4.78, 5) is 9.33. The zero-order valence-corrected chi connectivity index (χ0v) is 21.6. The van der Waals surface area contributed by atoms with Crippen LogP contribution in [-0.2, 0) is 10.0 Å². The standard InChI is InChI=1S/C26H28BrN5O2S/c27-20-12-13-23-22(14-20)25(28)32-26(31-23)29-15-17-8-10-18(11-9-17)16-30-35(33,34)24-7-3-5-19-4-1-2-6-21(19)24/h1-7,12-14,17-18,30H,8-11,15-16H2,(H3,28,29,31,32). The monoisotopic (exact) mass is 553 g/mol. The molecule has 0 bridgehead atoms. The van der Waals surface area contributed by atoms with E-state index < -0.39 is 10.0 Å². The molecule has 7 nitrogen and oxygen atoms in total. The molecule has 0 aliphatic heterocycles. The van der Waals surface area contributed by atoms with Gasteiger partial charge in [0.15, 0.2) is 0 Å². The Morgan fingerprint density at radius 1 is 0.886 bits per heavy atom. The minimum atomic E-state index is -3.56. The van der Waals surface area contributed by atoms with Crippen LogP contribution in [0.4, 0.5) is 11.8 Å². The van der Waals surface area contributed by atoms with Gasteiger partial charge in [-0.15, -0.1) is 0 Å². The van der Waals surface area contributed by atoms with Crippen LogP contribution in [0.3, 0.4) is 0 Å². The summed E-state index contributed by atoms with van der Waals surface area (Å²) in [6.07, 6.45) is 4.03. The van der Waals surface area contributed by atoms with Gasteiger partial charge < -0.3 is 11.1 Å². The lowest BCUT2D eigenvalue weighted by molar-refractivity contribution is 0.284. The molecule has 1 aliphatic carbocycles. The van der Waals surface area contributed by atoms with Crippen molar-refractivity contribution in [1.29, 1.82) is 0 Å². The van der Waals surface area contributed by atoms with E-state index in [1.807, 2.05) is 48.5 Å². The summed E-state index contributed by atoms with van der Waals surface area (Å²) in [5.74, 6) is 1.83. The predicted molar refractivity (Wildman–Crippen MR) is 145 cm³/mol. The molecule has 35 heavy (non-hydrogen) atoms. The molecule has 3 aromatic carbocycles. The summed E-state index contributed by atoms with van der Waals surface area (Å²) in [7, 11) is -3.56. The largest absolute Gasteiger partial charge is 0.383 e. The normalized spacial score (nSPS) is 18.7. The first-order valence-corrected chi connectivity index (χ1v) is 14.1. The zero-order chi connectivity index (χ0) is 24.4. The van der Waals surface area contributed by atoms with Gasteiger partial charge in [0, 0.05) is 28.3 Å². The molecule has 0 radical (unpaired) electrons. The molecular weight excluding hydrogens is 526 g/mol. The number of nitrogens with zero attached hydrogens (tertiary/aromatic N) is 2. The second kappa shape index (κ2) is 10.1. The molecule has 5 rings (SSSR count). The van der Waals surface area contributed by atoms with Crippen molar-refractivity contribution in [1.82, 2.24) is 14.7 Å². The van der Waals surface area contributed by atoms with Crippen LogP contribution in [-0.4, -0.2) is 31.5 Å². The Morgan fingerprint density at radius 2 is 1.60 bits per heavy atom. The van der Waals surface area contributed by atoms with Crippen molar-refractivity contribution < 1.29 is 8.42 Å². The number of halogens is 1. The van der Waals surface area contributed by atoms with E-state index in [4.69, 9.17) is 5.73 Å². The zero-order valence-electron chi connectivity index (χ0n) is 19.2. The number of fused-ring (bicyclic) bond motifs is 2. The number of aromatic nitrogens is 2. The molecule has 0 spiro atoms. The predicted octanol–water partition coefficient (Wildman–Crippen LogP) is 5.32. The van der Waals surface area contributed by atoms with Gasteiger partial charge in [0.1, 0.15) is 5.82 Å². The van der Waals surface area contributed by atoms with Gasteiger partial charge in [0.25, 0.3) is 0 Å². The Labute approximate surface area is 213 Å². The van der Waals surface area contributed by atoms with Gasteiger partial charge in [0.2, 0.25) is 16.0 Å². The first kappa shape index (κ1) is 24.0. The van der Waals surface area contributed by atoms with Crippen molar-refractivity contribution in [3.8, 4) is 0 Å². The van der Waals surface area contributed by atoms with E-state index in [2.05, 4.69) is 35.9 Å². The molecule has 1 aliphatic rings. The maximum atomic E-state index is 13.0. The van der Waals surface area contributed by atoms with Crippen LogP contribution in [0, 0.1) is 11.8 Å². The molecule has 0 amide bonds. The van der Waals surface area contributed by atoms with Crippen molar-refractivity contribution in [3.05, 3.63) is 65.1 Å². The van der Waals surface area contributed by atoms with Gasteiger partial charge in [-0.2, -0.15) is 4.98 Å². The van der Waals surface area contributed by atoms with Crippen molar-refractivity contribution in [2.24, 2.45) is 11.8 Å². The third-order valence-electron chi connectivity index (χ3n) is 6.80. The number of sulfonamides is 1. The minimum Gasteiger partial charge on any atom is -0.383 e. The van der Waals surface area contributed by atoms with Crippen LogP contribution in [0.25, 0.3) is 21.7 Å². The molecule has 182 valence electrons. The van der Waals surface area contributed by atoms with Crippen LogP contribution in [0.1, 0.15) is 25.7 Å². The third-order valence-corrected chi connectivity index (χ3v) is 8.78. The first-order valence-electron chi connectivity index (χ1n) is 11.8. The quantitative estimate of drug-likeness (QED) is 0.285. The highest BCUT2D eigenvalue weighted by Crippen LogP contribution is 2.30. The molecule has 0 atom stereocenters. The number of hydrogen-bond acceptors (Lipinski definition) is 6. The van der Waals surface area contributed by atoms with Crippen molar-refractivity contribution in [2.75, 3.05) is 24.1 Å². The average molecular weight is 555 g/mol. The number of benzene rings is 3. The second-order valence-corrected chi connectivity index (χ2v) is 11.8. The maximum absolute atomic E-state index is 13.0. The molecular formula is C26H28BrN5O2S. The van der Waals surface area contributed by atoms with Gasteiger partial charge >= 0.3 is 0 Å². The highest BCUT2D eigenvalue weighted by molar-refractivity contribution is 9.10. The minimum absolute atomic E-state index is 0.335. The number of nitrogens with two attached hydrogens (primary N) is 1. The number of hydrogen-bond donors (Lipinski definition) is 3. The average Bonchev–Trinajstić information content (AvgIpc) is 2.87. The summed E-state index contributed by atoms with van der Waals surface area (Å²) in [5.41, 5.74) is 6.94. The smallest absolute Gasteiger partial charge is 0.241 e. The third kappa shape index (κ3) is 5.42. The Morgan fingerprint density at radius 3 is 2.40 bits per heavy atom. The summed E-state index contributed by atoms with van der Waals surface area (Å²) in [6.45, 7) is 1.24. The van der Waals surface area contributed by atoms with Gasteiger partial charge in [-0.05, 0) is 67.2 Å². The highest BCUT2D eigenvalue weighted by Gasteiger charge is 2.24. The van der Waals surface area contributed by atoms with Crippen LogP contribution < -0.4 is 15.8 Å². The number of nitrogen functional groups attached to an aromatic ring is 1. The van der Waals surface area contributed by atoms with E-state index in [1.165, 1.54) is 0 Å². The van der Waals surface area contributed by atoms with Crippen LogP contribution in [0.5, 0.6) is 0 Å². The van der Waals surface area contributed by atoms with Crippen molar-refractivity contribution in [2.45, 2.75) is 30.6 Å². The van der Waals surface area contributed by atoms with E-state index in [-0.39, 0.29) is 0 Å². The van der Waals surface area contributed by atoms with E-state index in [1.54, 1.807) is 12.1 Å². The Hall–Kier alpha value is -2.75. The highest BCUT2D eigenvalue weighted by atomic mass is 79.9. The van der Waals surface area contributed by atoms with Crippen molar-refractivity contribution in [3.63, 3.8) is 0 Å². The summed E-state index contributed by atoms with van der Waals surface area (Å²) < 4.78 is 29.8. The molecule has 1 aromatic heterocycles. The molecule has 1 heterocycles. The van der Waals surface area contributed by atoms with Crippen LogP contribution in [0.2, 0.25) is 0 Å². The Bertz CT molecular complexity index is 1460. The van der Waals surface area contributed by atoms with E-state index in [0.29, 0.717) is 35.0 Å². The Balaban J connectivity index is 1.14. The van der Waals surface area contributed by atoms with Gasteiger partial charge in [-0.3, -0.25) is 0 Å². The maximum Gasteiger partial charge on any atom is 0.241 e. The molecule has 1 fully saturated rings. The summed E-state index contributed by atoms with van der Waals surface area (Å²) in [6, 6.07) is 18.8. The Kier molecular flexibility index (Phi) is 6.91. The lowest BCUT2D eigenvalue weighted by Gasteiger charge is -2.28. The lowest BCUT2D eigenvalue weighted by atomic mass is 9.82. The van der Waals surface area contributed by atoms with Gasteiger partial charge in [-0.1, -0.05) is 52.3 Å². The molecule has 0 unspecified atom stereocenters. The molecule has 4 aromatic rings. The number of anilines is 2. The topological polar surface area (TPSA) is 110 Å². The molecule has 9 heteroatoms. The van der Waals surface area contributed by atoms with E-state index in [0.717, 1.165) is 58.4 Å². The van der Waals surface area contributed by atoms with Crippen LogP contribution >= 0.6 is 15.9 Å². The van der Waals surface area contributed by atoms with Crippen molar-refractivity contribution >= 4 is 59.4 Å². The van der Waals surface area contributed by atoms with Crippen LogP contribution in [0.15, 0.2) is 70.0 Å². The molecule has 4 N–H and O–H groups in total. The van der Waals surface area contributed by atoms with E-state index >= 15 is 0 Å². The second-order valence-electron chi connectivity index (χ2n) is 9.19.